The molecule has 0 spiro atoms. The normalized spacial score (nSPS) is 42.8. The number of carbonyl (C=O) groups is 1. The molecule has 2 aliphatic rings. The van der Waals surface area contributed by atoms with Gasteiger partial charge in [-0.25, -0.2) is 0 Å². The first-order chi connectivity index (χ1) is 7.57. The summed E-state index contributed by atoms with van der Waals surface area (Å²) in [6.07, 6.45) is 7.42. The topological polar surface area (TPSA) is 26.3 Å². The van der Waals surface area contributed by atoms with Crippen LogP contribution >= 0.6 is 0 Å². The quantitative estimate of drug-likeness (QED) is 0.672. The molecule has 2 nitrogen and oxygen atoms in total. The highest BCUT2D eigenvalue weighted by molar-refractivity contribution is 5.76. The van der Waals surface area contributed by atoms with Crippen LogP contribution in [0.5, 0.6) is 0 Å². The Hall–Kier alpha value is -0.530. The summed E-state index contributed by atoms with van der Waals surface area (Å²) >= 11 is 0. The molecule has 16 heavy (non-hydrogen) atoms. The summed E-state index contributed by atoms with van der Waals surface area (Å²) in [5, 5.41) is 0. The third-order valence-corrected chi connectivity index (χ3v) is 4.73. The maximum atomic E-state index is 11.8. The number of carbonyl (C=O) groups excluding carboxylic acids is 1. The molecule has 0 heterocycles. The van der Waals surface area contributed by atoms with Crippen molar-refractivity contribution in [1.82, 2.24) is 0 Å². The van der Waals surface area contributed by atoms with Gasteiger partial charge in [-0.05, 0) is 56.8 Å². The Kier molecular flexibility index (Phi) is 3.27. The van der Waals surface area contributed by atoms with Gasteiger partial charge in [0, 0.05) is 0 Å². The Bertz CT molecular complexity index is 258. The predicted molar refractivity (Wildman–Crippen MR) is 64.0 cm³/mol. The number of esters is 1. The summed E-state index contributed by atoms with van der Waals surface area (Å²) in [6, 6.07) is 0. The fourth-order valence-corrected chi connectivity index (χ4v) is 4.14. The molecule has 0 N–H and O–H groups in total. The molecule has 0 aromatic rings. The minimum absolute atomic E-state index is 0.0112. The number of fused-ring (bicyclic) bond motifs is 2. The number of ether oxygens (including phenoxy) is 1. The molecule has 2 atom stereocenters. The van der Waals surface area contributed by atoms with Crippen LogP contribution in [0, 0.1) is 23.2 Å². The van der Waals surface area contributed by atoms with Crippen LogP contribution < -0.4 is 0 Å². The second kappa shape index (κ2) is 4.38. The third kappa shape index (κ3) is 2.11. The molecule has 0 aromatic carbocycles. The molecule has 0 saturated heterocycles. The third-order valence-electron chi connectivity index (χ3n) is 4.73. The Morgan fingerprint density at radius 1 is 1.25 bits per heavy atom. The minimum Gasteiger partial charge on any atom is -0.469 e. The first-order valence-electron chi connectivity index (χ1n) is 6.65. The van der Waals surface area contributed by atoms with E-state index in [-0.39, 0.29) is 11.4 Å². The van der Waals surface area contributed by atoms with Gasteiger partial charge in [0.15, 0.2) is 0 Å². The Balaban J connectivity index is 2.07. The van der Waals surface area contributed by atoms with Crippen molar-refractivity contribution in [1.29, 1.82) is 0 Å². The van der Waals surface area contributed by atoms with Crippen LogP contribution in [0.15, 0.2) is 0 Å². The van der Waals surface area contributed by atoms with E-state index in [2.05, 4.69) is 13.8 Å². The lowest BCUT2D eigenvalue weighted by Gasteiger charge is -2.46. The van der Waals surface area contributed by atoms with E-state index in [9.17, 15) is 4.79 Å². The van der Waals surface area contributed by atoms with Crippen LogP contribution in [0.3, 0.4) is 0 Å². The Labute approximate surface area is 98.7 Å². The van der Waals surface area contributed by atoms with E-state index in [1.165, 1.54) is 32.8 Å². The van der Waals surface area contributed by atoms with E-state index in [4.69, 9.17) is 4.74 Å². The van der Waals surface area contributed by atoms with Crippen LogP contribution in [-0.2, 0) is 9.53 Å². The first kappa shape index (κ1) is 11.9. The van der Waals surface area contributed by atoms with Gasteiger partial charge in [0.2, 0.25) is 0 Å². The molecule has 2 saturated carbocycles. The highest BCUT2D eigenvalue weighted by atomic mass is 16.5. The van der Waals surface area contributed by atoms with Crippen LogP contribution in [0.1, 0.15) is 52.4 Å². The van der Waals surface area contributed by atoms with Gasteiger partial charge in [-0.15, -0.1) is 0 Å². The van der Waals surface area contributed by atoms with Gasteiger partial charge >= 0.3 is 5.97 Å². The van der Waals surface area contributed by atoms with Crippen LogP contribution in [0.25, 0.3) is 0 Å². The zero-order chi connectivity index (χ0) is 11.8. The van der Waals surface area contributed by atoms with Crippen LogP contribution in [0.2, 0.25) is 0 Å². The molecule has 2 fully saturated rings. The minimum atomic E-state index is -0.193. The van der Waals surface area contributed by atoms with E-state index in [1.807, 2.05) is 0 Å². The lowest BCUT2D eigenvalue weighted by Crippen LogP contribution is -2.41. The molecule has 92 valence electrons. The summed E-state index contributed by atoms with van der Waals surface area (Å²) in [5.41, 5.74) is -0.193. The monoisotopic (exact) mass is 224 g/mol. The van der Waals surface area contributed by atoms with Crippen molar-refractivity contribution in [3.63, 3.8) is 0 Å². The number of rotatable bonds is 2. The summed E-state index contributed by atoms with van der Waals surface area (Å²) in [6.45, 7) is 4.40. The molecule has 0 aliphatic heterocycles. The number of hydrogen-bond donors (Lipinski definition) is 0. The predicted octanol–water partition coefficient (Wildman–Crippen LogP) is 3.40. The summed E-state index contributed by atoms with van der Waals surface area (Å²) < 4.78 is 4.97. The highest BCUT2D eigenvalue weighted by Gasteiger charge is 2.46. The zero-order valence-electron chi connectivity index (χ0n) is 10.8. The largest absolute Gasteiger partial charge is 0.469 e. The molecule has 2 aliphatic carbocycles. The maximum absolute atomic E-state index is 11.8. The standard InChI is InChI=1S/C14H24O2/c1-4-10-5-11-7-12(6-10)9-14(2,8-11)13(15)16-3/h10-12H,4-9H2,1-3H3. The molecule has 0 radical (unpaired) electrons. The number of hydrogen-bond acceptors (Lipinski definition) is 2. The van der Waals surface area contributed by atoms with Crippen molar-refractivity contribution in [2.24, 2.45) is 23.2 Å². The lowest BCUT2D eigenvalue weighted by atomic mass is 9.59. The average molecular weight is 224 g/mol. The summed E-state index contributed by atoms with van der Waals surface area (Å²) in [5.74, 6) is 2.45. The Morgan fingerprint density at radius 2 is 1.81 bits per heavy atom. The SMILES string of the molecule is CCC1CC2CC(C1)CC(C)(C(=O)OC)C2. The van der Waals surface area contributed by atoms with Crippen LogP contribution in [-0.4, -0.2) is 13.1 Å². The fourth-order valence-electron chi connectivity index (χ4n) is 4.14. The van der Waals surface area contributed by atoms with Crippen molar-refractivity contribution in [3.05, 3.63) is 0 Å². The number of methoxy groups -OCH3 is 1. The van der Waals surface area contributed by atoms with E-state index < -0.39 is 0 Å². The smallest absolute Gasteiger partial charge is 0.311 e. The van der Waals surface area contributed by atoms with Gasteiger partial charge < -0.3 is 4.74 Å². The summed E-state index contributed by atoms with van der Waals surface area (Å²) in [4.78, 5) is 11.8. The van der Waals surface area contributed by atoms with Crippen molar-refractivity contribution < 1.29 is 9.53 Å². The average Bonchev–Trinajstić information content (AvgIpc) is 2.26. The van der Waals surface area contributed by atoms with Crippen molar-refractivity contribution in [3.8, 4) is 0 Å². The second-order valence-corrected chi connectivity index (χ2v) is 6.17. The van der Waals surface area contributed by atoms with Gasteiger partial charge in [0.25, 0.3) is 0 Å². The molecule has 0 aromatic heterocycles. The van der Waals surface area contributed by atoms with E-state index in [0.29, 0.717) is 0 Å². The zero-order valence-corrected chi connectivity index (χ0v) is 10.8. The molecule has 2 unspecified atom stereocenters. The molecule has 2 bridgehead atoms. The first-order valence-corrected chi connectivity index (χ1v) is 6.65. The fraction of sp³-hybridized carbons (Fsp3) is 0.929. The Morgan fingerprint density at radius 3 is 2.25 bits per heavy atom. The van der Waals surface area contributed by atoms with Gasteiger partial charge in [-0.3, -0.25) is 4.79 Å². The molecule has 2 heteroatoms. The van der Waals surface area contributed by atoms with Crippen molar-refractivity contribution in [2.45, 2.75) is 52.4 Å². The van der Waals surface area contributed by atoms with Gasteiger partial charge in [0.1, 0.15) is 0 Å². The van der Waals surface area contributed by atoms with Crippen molar-refractivity contribution in [2.75, 3.05) is 7.11 Å². The molecule has 0 amide bonds. The van der Waals surface area contributed by atoms with E-state index >= 15 is 0 Å². The van der Waals surface area contributed by atoms with E-state index in [1.54, 1.807) is 0 Å². The van der Waals surface area contributed by atoms with Crippen molar-refractivity contribution >= 4 is 5.97 Å². The van der Waals surface area contributed by atoms with Gasteiger partial charge in [-0.2, -0.15) is 0 Å². The molecule has 2 rings (SSSR count). The van der Waals surface area contributed by atoms with Crippen LogP contribution in [0.4, 0.5) is 0 Å². The molecular weight excluding hydrogens is 200 g/mol. The second-order valence-electron chi connectivity index (χ2n) is 6.17. The van der Waals surface area contributed by atoms with Gasteiger partial charge in [0.05, 0.1) is 12.5 Å². The van der Waals surface area contributed by atoms with E-state index in [0.717, 1.165) is 30.6 Å². The maximum Gasteiger partial charge on any atom is 0.311 e. The summed E-state index contributed by atoms with van der Waals surface area (Å²) in [7, 11) is 1.52. The highest BCUT2D eigenvalue weighted by Crippen LogP contribution is 2.51. The lowest BCUT2D eigenvalue weighted by molar-refractivity contribution is -0.157. The van der Waals surface area contributed by atoms with Gasteiger partial charge in [-0.1, -0.05) is 13.3 Å². The molecular formula is C14H24O2.